The van der Waals surface area contributed by atoms with Crippen LogP contribution in [0.3, 0.4) is 0 Å². The molecule has 0 aromatic heterocycles. The molecular weight excluding hydrogens is 368 g/mol. The Bertz CT molecular complexity index is 935. The summed E-state index contributed by atoms with van der Waals surface area (Å²) in [6, 6.07) is 14.5. The summed E-state index contributed by atoms with van der Waals surface area (Å²) in [5.41, 5.74) is 2.20. The van der Waals surface area contributed by atoms with Gasteiger partial charge in [-0.15, -0.1) is 0 Å². The lowest BCUT2D eigenvalue weighted by Crippen LogP contribution is -2.28. The Hall–Kier alpha value is -3.35. The lowest BCUT2D eigenvalue weighted by atomic mass is 10.1. The molecule has 0 aliphatic heterocycles. The molecule has 7 heteroatoms. The number of nitrogens with one attached hydrogen (secondary N) is 4. The number of anilines is 2. The van der Waals surface area contributed by atoms with Crippen molar-refractivity contribution < 1.29 is 14.4 Å². The molecule has 0 bridgehead atoms. The van der Waals surface area contributed by atoms with Gasteiger partial charge in [0.25, 0.3) is 11.8 Å². The average molecular weight is 392 g/mol. The van der Waals surface area contributed by atoms with Crippen LogP contribution in [-0.2, 0) is 4.79 Å². The van der Waals surface area contributed by atoms with E-state index in [-0.39, 0.29) is 36.3 Å². The fourth-order valence-corrected chi connectivity index (χ4v) is 2.94. The van der Waals surface area contributed by atoms with Crippen LogP contribution in [0, 0.1) is 0 Å². The summed E-state index contributed by atoms with van der Waals surface area (Å²) in [6.45, 7) is 0.00617. The largest absolute Gasteiger partial charge is 0.376 e. The zero-order valence-corrected chi connectivity index (χ0v) is 16.0. The van der Waals surface area contributed by atoms with E-state index in [0.29, 0.717) is 22.5 Å². The van der Waals surface area contributed by atoms with Crippen LogP contribution < -0.4 is 21.3 Å². The van der Waals surface area contributed by atoms with Gasteiger partial charge in [0.15, 0.2) is 0 Å². The molecule has 0 spiro atoms. The van der Waals surface area contributed by atoms with E-state index in [9.17, 15) is 14.4 Å². The summed E-state index contributed by atoms with van der Waals surface area (Å²) in [5, 5.41) is 11.7. The van der Waals surface area contributed by atoms with E-state index < -0.39 is 0 Å². The first-order valence-electron chi connectivity index (χ1n) is 9.93. The van der Waals surface area contributed by atoms with Crippen molar-refractivity contribution in [1.82, 2.24) is 10.6 Å². The SMILES string of the molecule is O=C(CNc1ccccc1C(=O)NC1CC1)Nc1cccc(C(=O)NC2CC2)c1. The fraction of sp³-hybridized carbons (Fsp3) is 0.318. The normalized spacial score (nSPS) is 15.3. The molecule has 4 rings (SSSR count). The van der Waals surface area contributed by atoms with Crippen LogP contribution in [-0.4, -0.2) is 36.3 Å². The molecule has 0 heterocycles. The summed E-state index contributed by atoms with van der Waals surface area (Å²) >= 11 is 0. The van der Waals surface area contributed by atoms with Gasteiger partial charge < -0.3 is 21.3 Å². The van der Waals surface area contributed by atoms with Gasteiger partial charge in [-0.1, -0.05) is 18.2 Å². The Labute approximate surface area is 169 Å². The molecule has 0 saturated heterocycles. The van der Waals surface area contributed by atoms with Gasteiger partial charge in [-0.25, -0.2) is 0 Å². The monoisotopic (exact) mass is 392 g/mol. The van der Waals surface area contributed by atoms with E-state index in [1.807, 2.05) is 6.07 Å². The van der Waals surface area contributed by atoms with Crippen molar-refractivity contribution in [2.24, 2.45) is 0 Å². The molecule has 0 radical (unpaired) electrons. The third-order valence-electron chi connectivity index (χ3n) is 4.84. The number of hydrogen-bond donors (Lipinski definition) is 4. The minimum absolute atomic E-state index is 0.00617. The van der Waals surface area contributed by atoms with Crippen LogP contribution in [0.1, 0.15) is 46.4 Å². The molecule has 2 aliphatic rings. The van der Waals surface area contributed by atoms with Gasteiger partial charge >= 0.3 is 0 Å². The first-order valence-corrected chi connectivity index (χ1v) is 9.93. The zero-order chi connectivity index (χ0) is 20.2. The van der Waals surface area contributed by atoms with E-state index in [4.69, 9.17) is 0 Å². The first-order chi connectivity index (χ1) is 14.1. The van der Waals surface area contributed by atoms with Crippen LogP contribution in [0.5, 0.6) is 0 Å². The number of benzene rings is 2. The van der Waals surface area contributed by atoms with E-state index >= 15 is 0 Å². The predicted molar refractivity (Wildman–Crippen MR) is 111 cm³/mol. The Kier molecular flexibility index (Phi) is 5.46. The minimum atomic E-state index is -0.262. The van der Waals surface area contributed by atoms with E-state index in [1.54, 1.807) is 42.5 Å². The maximum Gasteiger partial charge on any atom is 0.253 e. The van der Waals surface area contributed by atoms with E-state index in [2.05, 4.69) is 21.3 Å². The zero-order valence-electron chi connectivity index (χ0n) is 16.0. The molecule has 2 aromatic carbocycles. The molecular formula is C22H24N4O3. The summed E-state index contributed by atoms with van der Waals surface area (Å²) in [5.74, 6) is -0.523. The number of para-hydroxylation sites is 1. The highest BCUT2D eigenvalue weighted by molar-refractivity contribution is 6.01. The highest BCUT2D eigenvalue weighted by atomic mass is 16.2. The number of hydrogen-bond acceptors (Lipinski definition) is 4. The third kappa shape index (κ3) is 5.34. The lowest BCUT2D eigenvalue weighted by molar-refractivity contribution is -0.114. The molecule has 29 heavy (non-hydrogen) atoms. The first kappa shape index (κ1) is 19.0. The highest BCUT2D eigenvalue weighted by Gasteiger charge is 2.25. The van der Waals surface area contributed by atoms with Gasteiger partial charge in [-0.05, 0) is 56.0 Å². The molecule has 2 aromatic rings. The lowest BCUT2D eigenvalue weighted by Gasteiger charge is -2.12. The number of rotatable bonds is 8. The van der Waals surface area contributed by atoms with Crippen molar-refractivity contribution in [3.63, 3.8) is 0 Å². The fourth-order valence-electron chi connectivity index (χ4n) is 2.94. The number of amides is 3. The van der Waals surface area contributed by atoms with Crippen LogP contribution in [0.15, 0.2) is 48.5 Å². The maximum absolute atomic E-state index is 12.3. The van der Waals surface area contributed by atoms with Crippen LogP contribution in [0.2, 0.25) is 0 Å². The summed E-state index contributed by atoms with van der Waals surface area (Å²) in [4.78, 5) is 36.8. The summed E-state index contributed by atoms with van der Waals surface area (Å²) in [7, 11) is 0. The van der Waals surface area contributed by atoms with Gasteiger partial charge in [-0.2, -0.15) is 0 Å². The molecule has 0 atom stereocenters. The smallest absolute Gasteiger partial charge is 0.253 e. The second kappa shape index (κ2) is 8.34. The van der Waals surface area contributed by atoms with Crippen LogP contribution in [0.25, 0.3) is 0 Å². The minimum Gasteiger partial charge on any atom is -0.376 e. The maximum atomic E-state index is 12.3. The van der Waals surface area contributed by atoms with Crippen LogP contribution >= 0.6 is 0 Å². The summed E-state index contributed by atoms with van der Waals surface area (Å²) in [6.07, 6.45) is 4.07. The van der Waals surface area contributed by atoms with Crippen molar-refractivity contribution in [3.05, 3.63) is 59.7 Å². The Balaban J connectivity index is 1.33. The van der Waals surface area contributed by atoms with Crippen molar-refractivity contribution in [3.8, 4) is 0 Å². The molecule has 4 N–H and O–H groups in total. The van der Waals surface area contributed by atoms with Crippen molar-refractivity contribution in [2.45, 2.75) is 37.8 Å². The average Bonchev–Trinajstić information content (AvgIpc) is 3.64. The second-order valence-corrected chi connectivity index (χ2v) is 7.52. The van der Waals surface area contributed by atoms with Gasteiger partial charge in [-0.3, -0.25) is 14.4 Å². The van der Waals surface area contributed by atoms with E-state index in [0.717, 1.165) is 25.7 Å². The standard InChI is InChI=1S/C22H24N4O3/c27-20(24-17-5-3-4-14(12-17)21(28)25-15-8-9-15)13-23-19-7-2-1-6-18(19)22(29)26-16-10-11-16/h1-7,12,15-16,23H,8-11,13H2,(H,24,27)(H,25,28)(H,26,29). The highest BCUT2D eigenvalue weighted by Crippen LogP contribution is 2.22. The Morgan fingerprint density at radius 1 is 0.828 bits per heavy atom. The van der Waals surface area contributed by atoms with Crippen molar-refractivity contribution in [1.29, 1.82) is 0 Å². The molecule has 2 fully saturated rings. The Morgan fingerprint density at radius 2 is 1.52 bits per heavy atom. The second-order valence-electron chi connectivity index (χ2n) is 7.52. The number of carbonyl (C=O) groups is 3. The van der Waals surface area contributed by atoms with Crippen molar-refractivity contribution in [2.75, 3.05) is 17.2 Å². The molecule has 0 unspecified atom stereocenters. The topological polar surface area (TPSA) is 99.3 Å². The molecule has 2 saturated carbocycles. The van der Waals surface area contributed by atoms with Gasteiger partial charge in [0, 0.05) is 29.0 Å². The molecule has 2 aliphatic carbocycles. The van der Waals surface area contributed by atoms with Gasteiger partial charge in [0.1, 0.15) is 0 Å². The van der Waals surface area contributed by atoms with E-state index in [1.165, 1.54) is 0 Å². The van der Waals surface area contributed by atoms with Gasteiger partial charge in [0.05, 0.1) is 12.1 Å². The summed E-state index contributed by atoms with van der Waals surface area (Å²) < 4.78 is 0. The van der Waals surface area contributed by atoms with Gasteiger partial charge in [0.2, 0.25) is 5.91 Å². The Morgan fingerprint density at radius 3 is 2.24 bits per heavy atom. The van der Waals surface area contributed by atoms with Crippen LogP contribution in [0.4, 0.5) is 11.4 Å². The van der Waals surface area contributed by atoms with Crippen molar-refractivity contribution >= 4 is 29.1 Å². The molecule has 7 nitrogen and oxygen atoms in total. The predicted octanol–water partition coefficient (Wildman–Crippen LogP) is 2.52. The molecule has 150 valence electrons. The molecule has 3 amide bonds. The third-order valence-corrected chi connectivity index (χ3v) is 4.84. The quantitative estimate of drug-likeness (QED) is 0.555. The number of carbonyl (C=O) groups excluding carboxylic acids is 3.